The standard InChI is InChI=1S/4C24H38N2O4/c4*1-14(2)9-17-13-26-8-7-16-10-21(28-5)22(29-6)11-18(16)19(26)12-20(17)30-24(27)23(25)15(3)4/h4*10-11,14-15,17,19-20,23H,7-9,12-13,25H2,1-6H3/t4*17?,19?,20?,23-/m0000/s1/i3D3,4D3,5D3,12D2,13D2,15D,17D,19D,20D,23D;2*3D3,4D3,12D2,13D2,15D,17D,19D,20D,23D;3D3,4D3,5D3,12D2,13D2,15D,17D,19D,23D. The van der Waals surface area contributed by atoms with Crippen molar-refractivity contribution < 1.29 is 165 Å². The molecule has 8 aliphatic rings. The number of ether oxygens (including phenoxy) is 12. The lowest BCUT2D eigenvalue weighted by Crippen LogP contribution is -2.51. The Bertz CT molecular complexity index is 6850. The lowest BCUT2D eigenvalue weighted by atomic mass is 9.79. The molecular weight excluding hydrogens is 1520 g/mol. The van der Waals surface area contributed by atoms with Crippen LogP contribution in [-0.4, -0.2) is 201 Å². The van der Waals surface area contributed by atoms with Gasteiger partial charge in [0.25, 0.3) is 0 Å². The lowest BCUT2D eigenvalue weighted by molar-refractivity contribution is -0.161. The Hall–Kier alpha value is -7.16. The number of esters is 4. The molecule has 8 aliphatic heterocycles. The summed E-state index contributed by atoms with van der Waals surface area (Å²) >= 11 is 0. The smallest absolute Gasteiger partial charge is 0.323 e. The van der Waals surface area contributed by atoms with E-state index in [9.17, 15) is 45.2 Å². The predicted octanol–water partition coefficient (Wildman–Crippen LogP) is 14.3. The second kappa shape index (κ2) is 43.9. The first-order valence-electron chi connectivity index (χ1n) is 70.5. The minimum absolute atomic E-state index is 0.0139. The van der Waals surface area contributed by atoms with Gasteiger partial charge in [-0.3, -0.25) is 38.8 Å². The van der Waals surface area contributed by atoms with E-state index in [1.165, 1.54) is 100 Å². The number of piperidine rings is 4. The van der Waals surface area contributed by atoms with E-state index in [4.69, 9.17) is 143 Å². The van der Waals surface area contributed by atoms with Crippen molar-refractivity contribution in [3.8, 4) is 46.0 Å². The van der Waals surface area contributed by atoms with E-state index < -0.39 is 332 Å². The molecule has 0 radical (unpaired) electrons. The van der Waals surface area contributed by atoms with Gasteiger partial charge in [0.15, 0.2) is 46.0 Å². The van der Waals surface area contributed by atoms with Crippen LogP contribution in [0.5, 0.6) is 46.0 Å². The molecule has 0 bridgehead atoms. The molecule has 0 aromatic heterocycles. The van der Waals surface area contributed by atoms with Gasteiger partial charge in [0.1, 0.15) is 48.4 Å². The Kier molecular flexibility index (Phi) is 15.0. The predicted molar refractivity (Wildman–Crippen MR) is 471 cm³/mol. The number of benzene rings is 4. The first kappa shape index (κ1) is 40.9. The van der Waals surface area contributed by atoms with E-state index in [-0.39, 0.29) is 124 Å². The number of fused-ring (bicyclic) bond motifs is 12. The monoisotopic (exact) mass is 1740 g/mol. The van der Waals surface area contributed by atoms with Crippen molar-refractivity contribution in [2.75, 3.05) is 109 Å². The summed E-state index contributed by atoms with van der Waals surface area (Å²) in [5.74, 6) is -41.4. The molecule has 24 heteroatoms. The van der Waals surface area contributed by atoms with E-state index in [0.29, 0.717) is 4.90 Å². The molecule has 120 heavy (non-hydrogen) atoms. The largest absolute Gasteiger partial charge is 0.493 e. The number of carbonyl (C=O) groups is 4. The van der Waals surface area contributed by atoms with E-state index in [1.807, 2.05) is 0 Å². The van der Waals surface area contributed by atoms with Gasteiger partial charge in [-0.15, -0.1) is 0 Å². The Balaban J connectivity index is 0.000000269. The van der Waals surface area contributed by atoms with Gasteiger partial charge in [0.2, 0.25) is 0 Å². The van der Waals surface area contributed by atoms with Crippen LogP contribution in [0.3, 0.4) is 0 Å². The summed E-state index contributed by atoms with van der Waals surface area (Å²) in [7, 11) is 1.56. The highest BCUT2D eigenvalue weighted by Gasteiger charge is 2.47. The minimum Gasteiger partial charge on any atom is -0.493 e. The molecule has 672 valence electrons. The highest BCUT2D eigenvalue weighted by atomic mass is 16.6. The third-order valence-corrected chi connectivity index (χ3v) is 19.2. The molecule has 8 N–H and O–H groups in total. The van der Waals surface area contributed by atoms with Crippen LogP contribution in [0.2, 0.25) is 0 Å². The van der Waals surface area contributed by atoms with Crippen LogP contribution in [0.15, 0.2) is 48.5 Å². The summed E-state index contributed by atoms with van der Waals surface area (Å²) in [5.41, 5.74) is 22.4. The SMILES string of the molecule is [2H]C([2H])([2H])C([2H])(C([2H])([2H])[2H])[C@]([2H])(N)C(=O)OC1([2H])C([2H])([2H])C2([2H])c3cc(OC)c(OC)cc3CCN2C([2H])([2H])C1([2H])CC(C)C.[2H]C([2H])([2H])C([2H])(C([2H])([2H])[2H])[C@]([2H])(N)C(=O)OC1([2H])C([2H])([2H])C2([2H])c3cc(OC)c(OC)cc3CCN2C([2H])([2H])C1([2H])CC(C)C.[2H]C([2H])([2H])Oc1cc2c(cc1OC)C1([2H])N(CC2)C([2H])([2H])C([2H])(CC(C)C)C(OC(=O)[C@@]([2H])(N)C([2H])(C([2H])([2H])[2H])C([2H])([2H])[2H])C1([2H])[2H].[2H]C([2H])([2H])Oc1cc2c(cc1OC)C1([2H])N(CC2)C([2H])([2H])C([2H])(CC(C)C)C([2H])(OC(=O)[C@@]([2H])(N)C([2H])(C([2H])([2H])[2H])C([2H])([2H])[2H])C1([2H])[2H]. The molecule has 0 amide bonds. The molecule has 0 saturated carbocycles. The zero-order valence-electron chi connectivity index (χ0n) is 134. The maximum absolute atomic E-state index is 13.7. The Labute approximate surface area is 810 Å². The summed E-state index contributed by atoms with van der Waals surface area (Å²) in [4.78, 5) is 57.7. The van der Waals surface area contributed by atoms with Crippen LogP contribution in [0.25, 0.3) is 0 Å². The Morgan fingerprint density at radius 3 is 0.825 bits per heavy atom. The van der Waals surface area contributed by atoms with Gasteiger partial charge < -0.3 is 79.8 Å². The van der Waals surface area contributed by atoms with Crippen molar-refractivity contribution in [1.29, 1.82) is 0 Å². The maximum Gasteiger partial charge on any atom is 0.323 e. The molecule has 4 fully saturated rings. The van der Waals surface area contributed by atoms with Gasteiger partial charge in [-0.1, -0.05) is 110 Å². The van der Waals surface area contributed by atoms with E-state index in [0.717, 1.165) is 47.1 Å². The zero-order valence-corrected chi connectivity index (χ0v) is 69.1. The molecular formula is C96H152N8O16. The number of rotatable bonds is 28. The average molecular weight is 1740 g/mol. The molecule has 12 rings (SSSR count). The molecule has 0 aliphatic carbocycles. The summed E-state index contributed by atoms with van der Waals surface area (Å²) in [6, 6.07) is -18.3. The highest BCUT2D eigenvalue weighted by Crippen LogP contribution is 2.50. The van der Waals surface area contributed by atoms with Crippen LogP contribution in [0.1, 0.15) is 319 Å². The number of hydrogen-bond acceptors (Lipinski definition) is 24. The normalized spacial score (nSPS) is 45.4. The van der Waals surface area contributed by atoms with Crippen molar-refractivity contribution in [3.05, 3.63) is 93.0 Å². The number of methoxy groups -OCH3 is 8. The van der Waals surface area contributed by atoms with Crippen LogP contribution in [0.4, 0.5) is 0 Å². The van der Waals surface area contributed by atoms with E-state index in [1.54, 1.807) is 13.8 Å². The molecule has 12 unspecified atom stereocenters. The average Bonchev–Trinajstić information content (AvgIpc) is 0.652. The van der Waals surface area contributed by atoms with E-state index >= 15 is 0 Å². The summed E-state index contributed by atoms with van der Waals surface area (Å²) in [6.45, 7) is -33.4. The third kappa shape index (κ3) is 23.8. The first-order chi connectivity index (χ1) is 82.0. The minimum atomic E-state index is -4.14. The molecule has 24 nitrogen and oxygen atoms in total. The summed E-state index contributed by atoms with van der Waals surface area (Å²) < 4.78 is 610. The number of nitrogens with two attached hydrogens (primary N) is 4. The molecule has 0 spiro atoms. The fourth-order valence-electron chi connectivity index (χ4n) is 13.4. The topological polar surface area (TPSA) is 296 Å². The summed E-state index contributed by atoms with van der Waals surface area (Å²) in [5, 5.41) is 0. The Morgan fingerprint density at radius 1 is 0.358 bits per heavy atom. The Morgan fingerprint density at radius 2 is 0.583 bits per heavy atom. The van der Waals surface area contributed by atoms with Crippen molar-refractivity contribution in [1.82, 2.24) is 19.6 Å². The van der Waals surface area contributed by atoms with Crippen LogP contribution < -0.4 is 60.8 Å². The fraction of sp³-hybridized carbons (Fsp3) is 0.708. The first-order valence-corrected chi connectivity index (χ1v) is 38.0. The maximum atomic E-state index is 13.7. The zero-order chi connectivity index (χ0) is 145. The van der Waals surface area contributed by atoms with Crippen LogP contribution in [-0.2, 0) is 63.8 Å². The second-order valence-electron chi connectivity index (χ2n) is 29.7. The second-order valence-corrected chi connectivity index (χ2v) is 29.7. The van der Waals surface area contributed by atoms with Crippen LogP contribution >= 0.6 is 0 Å². The van der Waals surface area contributed by atoms with Crippen molar-refractivity contribution >= 4 is 23.9 Å². The number of carbonyl (C=O) groups excluding carboxylic acids is 4. The number of nitrogens with zero attached hydrogens (tertiary/aromatic N) is 4. The van der Waals surface area contributed by atoms with Gasteiger partial charge in [0.05, 0.1) is 80.0 Å². The summed E-state index contributed by atoms with van der Waals surface area (Å²) in [6.07, 6.45) is -31.1. The van der Waals surface area contributed by atoms with Gasteiger partial charge in [-0.05, 0) is 192 Å². The van der Waals surface area contributed by atoms with Crippen molar-refractivity contribution in [2.24, 2.45) is 93.8 Å². The van der Waals surface area contributed by atoms with E-state index in [2.05, 4.69) is 0 Å². The molecule has 4 aromatic rings. The fourth-order valence-corrected chi connectivity index (χ4v) is 13.4. The highest BCUT2D eigenvalue weighted by molar-refractivity contribution is 5.77. The van der Waals surface area contributed by atoms with Crippen molar-refractivity contribution in [2.45, 2.75) is 260 Å². The molecule has 16 atom stereocenters. The van der Waals surface area contributed by atoms with Gasteiger partial charge in [0, 0.05) is 191 Å². The van der Waals surface area contributed by atoms with Crippen molar-refractivity contribution in [3.63, 3.8) is 0 Å². The number of hydrogen-bond donors (Lipinski definition) is 4. The molecule has 4 aromatic carbocycles. The lowest BCUT2D eigenvalue weighted by Gasteiger charge is -2.47. The molecule has 4 saturated heterocycles. The van der Waals surface area contributed by atoms with Gasteiger partial charge in [-0.25, -0.2) is 0 Å². The molecule has 8 heterocycles. The van der Waals surface area contributed by atoms with Gasteiger partial charge >= 0.3 is 23.9 Å². The third-order valence-electron chi connectivity index (χ3n) is 19.2. The van der Waals surface area contributed by atoms with Crippen LogP contribution in [0, 0.1) is 70.8 Å². The quantitative estimate of drug-likeness (QED) is 0.0303. The van der Waals surface area contributed by atoms with Gasteiger partial charge in [-0.2, -0.15) is 0 Å².